The van der Waals surface area contributed by atoms with Gasteiger partial charge in [0.05, 0.1) is 5.21 Å². The van der Waals surface area contributed by atoms with Gasteiger partial charge in [-0.3, -0.25) is 0 Å². The lowest BCUT2D eigenvalue weighted by Gasteiger charge is -2.54. The van der Waals surface area contributed by atoms with E-state index in [0.717, 1.165) is 12.8 Å². The predicted molar refractivity (Wildman–Crippen MR) is 85.4 cm³/mol. The highest BCUT2D eigenvalue weighted by molar-refractivity contribution is 4.92. The third kappa shape index (κ3) is 3.44. The van der Waals surface area contributed by atoms with Crippen LogP contribution in [0.25, 0.3) is 0 Å². The minimum Gasteiger partial charge on any atom is -0.120 e. The summed E-state index contributed by atoms with van der Waals surface area (Å²) >= 11 is 0. The molecule has 0 aliphatic carbocycles. The Balaban J connectivity index is 3.25. The van der Waals surface area contributed by atoms with Gasteiger partial charge in [-0.15, -0.1) is 5.06 Å². The fourth-order valence-electron chi connectivity index (χ4n) is 3.56. The molecule has 0 saturated carbocycles. The molecule has 0 aromatic carbocycles. The van der Waals surface area contributed by atoms with Gasteiger partial charge in [0.25, 0.3) is 0 Å². The molecule has 1 fully saturated rings. The first-order valence-corrected chi connectivity index (χ1v) is 8.15. The molecule has 0 atom stereocenters. The Hall–Kier alpha value is -0.160. The molecule has 0 bridgehead atoms. The third-order valence-electron chi connectivity index (χ3n) is 4.64. The van der Waals surface area contributed by atoms with Gasteiger partial charge in [-0.05, 0) is 88.5 Å². The molecule has 1 aliphatic rings. The van der Waals surface area contributed by atoms with E-state index in [9.17, 15) is 5.21 Å². The van der Waals surface area contributed by atoms with E-state index in [0.29, 0.717) is 0 Å². The first-order chi connectivity index (χ1) is 9.05. The van der Waals surface area contributed by atoms with Crippen LogP contribution in [0.4, 0.5) is 0 Å². The molecule has 0 spiro atoms. The Morgan fingerprint density at radius 2 is 1.19 bits per heavy atom. The molecule has 1 rings (SSSR count). The van der Waals surface area contributed by atoms with Crippen LogP contribution in [-0.4, -0.2) is 32.0 Å². The molecule has 21 heavy (non-hydrogen) atoms. The van der Waals surface area contributed by atoms with Crippen molar-refractivity contribution in [3.63, 3.8) is 0 Å². The second-order valence-electron chi connectivity index (χ2n) is 9.75. The molecule has 0 N–H and O–H groups in total. The van der Waals surface area contributed by atoms with Crippen molar-refractivity contribution in [2.24, 2.45) is 0 Å². The molecule has 125 valence electrons. The van der Waals surface area contributed by atoms with E-state index >= 15 is 0 Å². The smallest absolute Gasteiger partial charge is 0.120 e. The maximum Gasteiger partial charge on any atom is 0.160 e. The fraction of sp³-hybridized carbons (Fsp3) is 1.00. The standard InChI is InChI=1S/C17H36N2O2/c1-14(2,3)19(20,15(4,5)6)21-18-16(7,8)12-11-13-17(18,9)10/h11-13H2,1-10H3/q+1. The first kappa shape index (κ1) is 18.9. The summed E-state index contributed by atoms with van der Waals surface area (Å²) in [5.74, 6) is 0. The number of piperidine rings is 1. The van der Waals surface area contributed by atoms with Gasteiger partial charge >= 0.3 is 0 Å². The van der Waals surface area contributed by atoms with Gasteiger partial charge in [-0.2, -0.15) is 0 Å². The monoisotopic (exact) mass is 300 g/mol. The molecule has 1 heterocycles. The lowest BCUT2D eigenvalue weighted by Crippen LogP contribution is -2.72. The van der Waals surface area contributed by atoms with Crippen molar-refractivity contribution in [1.82, 2.24) is 5.06 Å². The molecule has 0 aromatic rings. The van der Waals surface area contributed by atoms with Gasteiger partial charge in [0, 0.05) is 15.9 Å². The normalized spacial score (nSPS) is 24.1. The Kier molecular flexibility index (Phi) is 4.67. The summed E-state index contributed by atoms with van der Waals surface area (Å²) in [6.45, 7) is 20.4. The quantitative estimate of drug-likeness (QED) is 0.550. The minimum absolute atomic E-state index is 0.133. The first-order valence-electron chi connectivity index (χ1n) is 8.15. The lowest BCUT2D eigenvalue weighted by molar-refractivity contribution is -1.33. The summed E-state index contributed by atoms with van der Waals surface area (Å²) in [5, 5.41) is 15.6. The Labute approximate surface area is 131 Å². The summed E-state index contributed by atoms with van der Waals surface area (Å²) in [6.07, 6.45) is 3.26. The third-order valence-corrected chi connectivity index (χ3v) is 4.64. The van der Waals surface area contributed by atoms with Crippen molar-refractivity contribution in [1.29, 1.82) is 0 Å². The van der Waals surface area contributed by atoms with E-state index in [1.807, 2.05) is 46.6 Å². The van der Waals surface area contributed by atoms with Crippen LogP contribution in [0, 0.1) is 0 Å². The summed E-state index contributed by atoms with van der Waals surface area (Å²) in [4.78, 5) is 5.57. The van der Waals surface area contributed by atoms with Crippen molar-refractivity contribution in [2.45, 2.75) is 111 Å². The zero-order valence-electron chi connectivity index (χ0n) is 15.8. The average molecular weight is 300 g/mol. The summed E-state index contributed by atoms with van der Waals surface area (Å²) in [7, 11) is 0. The maximum atomic E-state index is 13.7. The highest BCUT2D eigenvalue weighted by Gasteiger charge is 2.59. The van der Waals surface area contributed by atoms with Crippen LogP contribution >= 0.6 is 0 Å². The topological polar surface area (TPSA) is 32.4 Å². The Morgan fingerprint density at radius 3 is 1.48 bits per heavy atom. The fourth-order valence-corrected chi connectivity index (χ4v) is 3.56. The van der Waals surface area contributed by atoms with Crippen LogP contribution in [-0.2, 0) is 10.1 Å². The van der Waals surface area contributed by atoms with Crippen LogP contribution in [0.1, 0.15) is 88.5 Å². The van der Waals surface area contributed by atoms with E-state index in [2.05, 4.69) is 27.7 Å². The zero-order valence-corrected chi connectivity index (χ0v) is 15.8. The molecule has 0 amide bonds. The van der Waals surface area contributed by atoms with Gasteiger partial charge in [-0.25, -0.2) is 0 Å². The van der Waals surface area contributed by atoms with Gasteiger partial charge in [-0.1, -0.05) is 4.94 Å². The SMILES string of the molecule is CC1(C)CCCC(C)(C)N1O[N+]([O])(C(C)(C)C)C(C)(C)C. The molecule has 1 saturated heterocycles. The summed E-state index contributed by atoms with van der Waals surface area (Å²) in [5.41, 5.74) is -1.37. The largest absolute Gasteiger partial charge is 0.160 e. The summed E-state index contributed by atoms with van der Waals surface area (Å²) in [6, 6.07) is 0. The number of hydrogen-bond donors (Lipinski definition) is 0. The van der Waals surface area contributed by atoms with Gasteiger partial charge < -0.3 is 0 Å². The highest BCUT2D eigenvalue weighted by atomic mass is 17.0. The van der Waals surface area contributed by atoms with Crippen LogP contribution in [0.15, 0.2) is 0 Å². The van der Waals surface area contributed by atoms with Crippen molar-refractivity contribution in [2.75, 3.05) is 0 Å². The van der Waals surface area contributed by atoms with Crippen molar-refractivity contribution < 1.29 is 15.0 Å². The zero-order chi connectivity index (χ0) is 16.9. The van der Waals surface area contributed by atoms with E-state index in [-0.39, 0.29) is 11.1 Å². The van der Waals surface area contributed by atoms with E-state index in [4.69, 9.17) is 4.94 Å². The molecule has 4 heteroatoms. The second kappa shape index (κ2) is 5.19. The van der Waals surface area contributed by atoms with E-state index in [1.54, 1.807) is 0 Å². The van der Waals surface area contributed by atoms with Crippen LogP contribution < -0.4 is 0 Å². The Morgan fingerprint density at radius 1 is 0.857 bits per heavy atom. The Bertz CT molecular complexity index is 345. The highest BCUT2D eigenvalue weighted by Crippen LogP contribution is 2.43. The minimum atomic E-state index is -0.688. The number of nitrogens with zero attached hydrogens (tertiary/aromatic N) is 2. The average Bonchev–Trinajstić information content (AvgIpc) is 2.19. The number of hydroxylamine groups is 6. The molecular formula is C17H36N2O2+. The van der Waals surface area contributed by atoms with Crippen molar-refractivity contribution in [3.05, 3.63) is 0 Å². The predicted octanol–water partition coefficient (Wildman–Crippen LogP) is 4.64. The number of quaternary nitrogens is 1. The van der Waals surface area contributed by atoms with Crippen molar-refractivity contribution >= 4 is 0 Å². The molecule has 4 nitrogen and oxygen atoms in total. The number of hydrogen-bond acceptors (Lipinski definition) is 2. The molecule has 1 radical (unpaired) electrons. The van der Waals surface area contributed by atoms with Crippen LogP contribution in [0.2, 0.25) is 0 Å². The van der Waals surface area contributed by atoms with Gasteiger partial charge in [0.2, 0.25) is 0 Å². The van der Waals surface area contributed by atoms with Crippen LogP contribution in [0.3, 0.4) is 0 Å². The molecule has 0 unspecified atom stereocenters. The van der Waals surface area contributed by atoms with Gasteiger partial charge in [0.15, 0.2) is 11.1 Å². The second-order valence-corrected chi connectivity index (χ2v) is 9.75. The van der Waals surface area contributed by atoms with Crippen molar-refractivity contribution in [3.8, 4) is 0 Å². The number of rotatable bonds is 2. The van der Waals surface area contributed by atoms with E-state index < -0.39 is 15.9 Å². The van der Waals surface area contributed by atoms with Crippen LogP contribution in [0.5, 0.6) is 0 Å². The molecular weight excluding hydrogens is 264 g/mol. The summed E-state index contributed by atoms with van der Waals surface area (Å²) < 4.78 is 0. The lowest BCUT2D eigenvalue weighted by atomic mass is 9.82. The maximum absolute atomic E-state index is 13.7. The van der Waals surface area contributed by atoms with E-state index in [1.165, 1.54) is 6.42 Å². The molecule has 1 aliphatic heterocycles. The molecule has 0 aromatic heterocycles. The van der Waals surface area contributed by atoms with Gasteiger partial charge in [0.1, 0.15) is 0 Å².